The van der Waals surface area contributed by atoms with Gasteiger partial charge in [-0.25, -0.2) is 0 Å². The van der Waals surface area contributed by atoms with Crippen LogP contribution in [-0.2, 0) is 0 Å². The summed E-state index contributed by atoms with van der Waals surface area (Å²) in [7, 11) is 0. The lowest BCUT2D eigenvalue weighted by Gasteiger charge is -2.09. The highest BCUT2D eigenvalue weighted by Gasteiger charge is 2.03. The van der Waals surface area contributed by atoms with E-state index in [0.29, 0.717) is 23.8 Å². The number of carbonyl (C=O) groups excluding carboxylic acids is 1. The molecule has 4 nitrogen and oxygen atoms in total. The van der Waals surface area contributed by atoms with Crippen LogP contribution in [0.2, 0.25) is 0 Å². The molecule has 1 aromatic rings. The molecule has 0 aliphatic rings. The Balaban J connectivity index is 2.57. The van der Waals surface area contributed by atoms with Crippen molar-refractivity contribution < 1.29 is 4.79 Å². The van der Waals surface area contributed by atoms with Crippen LogP contribution in [-0.4, -0.2) is 24.1 Å². The number of hydrogen-bond donors (Lipinski definition) is 3. The van der Waals surface area contributed by atoms with Gasteiger partial charge in [-0.15, -0.1) is 6.58 Å². The van der Waals surface area contributed by atoms with Crippen LogP contribution in [0.1, 0.15) is 17.3 Å². The van der Waals surface area contributed by atoms with E-state index in [1.165, 1.54) is 0 Å². The topological polar surface area (TPSA) is 53.2 Å². The van der Waals surface area contributed by atoms with Gasteiger partial charge in [0.1, 0.15) is 0 Å². The number of anilines is 1. The van der Waals surface area contributed by atoms with Gasteiger partial charge in [-0.3, -0.25) is 4.79 Å². The van der Waals surface area contributed by atoms with Crippen molar-refractivity contribution in [2.24, 2.45) is 0 Å². The molecule has 0 unspecified atom stereocenters. The van der Waals surface area contributed by atoms with Crippen molar-refractivity contribution in [3.05, 3.63) is 42.5 Å². The standard InChI is InChI=1S/C13H17N3OS/c1-3-9-15-13(18)16-11-7-5-10(6-8-11)12(17)14-4-2/h3,5-8H,1,4,9H2,2H3,(H,14,17)(H2,15,16,18). The summed E-state index contributed by atoms with van der Waals surface area (Å²) < 4.78 is 0. The summed E-state index contributed by atoms with van der Waals surface area (Å²) in [4.78, 5) is 11.5. The molecule has 0 atom stereocenters. The quantitative estimate of drug-likeness (QED) is 0.561. The molecule has 0 aliphatic heterocycles. The molecule has 0 bridgehead atoms. The van der Waals surface area contributed by atoms with Gasteiger partial charge in [-0.05, 0) is 43.4 Å². The molecule has 18 heavy (non-hydrogen) atoms. The van der Waals surface area contributed by atoms with E-state index >= 15 is 0 Å². The molecule has 0 fully saturated rings. The Labute approximate surface area is 112 Å². The van der Waals surface area contributed by atoms with Gasteiger partial charge in [0.05, 0.1) is 0 Å². The zero-order valence-corrected chi connectivity index (χ0v) is 11.1. The maximum absolute atomic E-state index is 11.5. The monoisotopic (exact) mass is 263 g/mol. The van der Waals surface area contributed by atoms with Gasteiger partial charge in [0.2, 0.25) is 0 Å². The summed E-state index contributed by atoms with van der Waals surface area (Å²) in [5.74, 6) is -0.0728. The minimum atomic E-state index is -0.0728. The minimum absolute atomic E-state index is 0.0728. The lowest BCUT2D eigenvalue weighted by atomic mass is 10.2. The smallest absolute Gasteiger partial charge is 0.251 e. The van der Waals surface area contributed by atoms with Crippen molar-refractivity contribution in [3.63, 3.8) is 0 Å². The maximum Gasteiger partial charge on any atom is 0.251 e. The molecule has 0 spiro atoms. The number of nitrogens with one attached hydrogen (secondary N) is 3. The second-order valence-corrected chi connectivity index (χ2v) is 3.97. The lowest BCUT2D eigenvalue weighted by molar-refractivity contribution is 0.0956. The van der Waals surface area contributed by atoms with Crippen LogP contribution in [0, 0.1) is 0 Å². The van der Waals surface area contributed by atoms with Gasteiger partial charge in [-0.1, -0.05) is 6.08 Å². The Hall–Kier alpha value is -1.88. The maximum atomic E-state index is 11.5. The zero-order valence-electron chi connectivity index (χ0n) is 10.3. The first kappa shape index (κ1) is 14.2. The Morgan fingerprint density at radius 1 is 1.33 bits per heavy atom. The number of amides is 1. The predicted molar refractivity (Wildman–Crippen MR) is 78.9 cm³/mol. The van der Waals surface area contributed by atoms with Crippen molar-refractivity contribution in [2.75, 3.05) is 18.4 Å². The highest BCUT2D eigenvalue weighted by molar-refractivity contribution is 7.80. The fourth-order valence-corrected chi connectivity index (χ4v) is 1.51. The second-order valence-electron chi connectivity index (χ2n) is 3.56. The molecule has 1 aromatic carbocycles. The summed E-state index contributed by atoms with van der Waals surface area (Å²) in [6.45, 7) is 6.71. The average molecular weight is 263 g/mol. The van der Waals surface area contributed by atoms with Crippen LogP contribution < -0.4 is 16.0 Å². The van der Waals surface area contributed by atoms with E-state index in [1.807, 2.05) is 19.1 Å². The fourth-order valence-electron chi connectivity index (χ4n) is 1.31. The van der Waals surface area contributed by atoms with E-state index in [2.05, 4.69) is 22.5 Å². The van der Waals surface area contributed by atoms with Gasteiger partial charge >= 0.3 is 0 Å². The van der Waals surface area contributed by atoms with E-state index in [-0.39, 0.29) is 5.91 Å². The molecule has 0 saturated heterocycles. The summed E-state index contributed by atoms with van der Waals surface area (Å²) >= 11 is 5.08. The zero-order chi connectivity index (χ0) is 13.4. The van der Waals surface area contributed by atoms with Crippen molar-refractivity contribution in [1.82, 2.24) is 10.6 Å². The van der Waals surface area contributed by atoms with Crippen molar-refractivity contribution in [2.45, 2.75) is 6.92 Å². The first-order chi connectivity index (χ1) is 8.67. The molecular weight excluding hydrogens is 246 g/mol. The van der Waals surface area contributed by atoms with E-state index in [9.17, 15) is 4.79 Å². The first-order valence-corrected chi connectivity index (χ1v) is 6.12. The van der Waals surface area contributed by atoms with Gasteiger partial charge in [0.25, 0.3) is 5.91 Å². The van der Waals surface area contributed by atoms with Gasteiger partial charge in [-0.2, -0.15) is 0 Å². The SMILES string of the molecule is C=CCNC(=S)Nc1ccc(C(=O)NCC)cc1. The molecule has 1 rings (SSSR count). The third-order valence-corrected chi connectivity index (χ3v) is 2.40. The highest BCUT2D eigenvalue weighted by Crippen LogP contribution is 2.09. The Bertz CT molecular complexity index is 428. The molecule has 3 N–H and O–H groups in total. The molecule has 0 saturated carbocycles. The Morgan fingerprint density at radius 2 is 2.00 bits per heavy atom. The second kappa shape index (κ2) is 7.45. The van der Waals surface area contributed by atoms with Crippen molar-refractivity contribution in [1.29, 1.82) is 0 Å². The third-order valence-electron chi connectivity index (χ3n) is 2.15. The highest BCUT2D eigenvalue weighted by atomic mass is 32.1. The van der Waals surface area contributed by atoms with E-state index in [1.54, 1.807) is 18.2 Å². The van der Waals surface area contributed by atoms with E-state index < -0.39 is 0 Å². The summed E-state index contributed by atoms with van der Waals surface area (Å²) in [6.07, 6.45) is 1.73. The number of carbonyl (C=O) groups is 1. The van der Waals surface area contributed by atoms with Crippen LogP contribution in [0.4, 0.5) is 5.69 Å². The third kappa shape index (κ3) is 4.55. The van der Waals surface area contributed by atoms with Crippen LogP contribution in [0.3, 0.4) is 0 Å². The largest absolute Gasteiger partial charge is 0.359 e. The molecule has 0 aromatic heterocycles. The van der Waals surface area contributed by atoms with Crippen molar-refractivity contribution in [3.8, 4) is 0 Å². The van der Waals surface area contributed by atoms with Crippen LogP contribution in [0.25, 0.3) is 0 Å². The van der Waals surface area contributed by atoms with Gasteiger partial charge in [0, 0.05) is 24.3 Å². The summed E-state index contributed by atoms with van der Waals surface area (Å²) in [5, 5.41) is 9.25. The van der Waals surface area contributed by atoms with Gasteiger partial charge < -0.3 is 16.0 Å². The molecular formula is C13H17N3OS. The minimum Gasteiger partial charge on any atom is -0.359 e. The van der Waals surface area contributed by atoms with E-state index in [0.717, 1.165) is 5.69 Å². The van der Waals surface area contributed by atoms with Crippen LogP contribution in [0.5, 0.6) is 0 Å². The van der Waals surface area contributed by atoms with Crippen LogP contribution in [0.15, 0.2) is 36.9 Å². The molecule has 1 amide bonds. The molecule has 96 valence electrons. The first-order valence-electron chi connectivity index (χ1n) is 5.71. The number of rotatable bonds is 5. The number of hydrogen-bond acceptors (Lipinski definition) is 2. The average Bonchev–Trinajstić information content (AvgIpc) is 2.37. The van der Waals surface area contributed by atoms with Crippen LogP contribution >= 0.6 is 12.2 Å². The number of benzene rings is 1. The molecule has 0 heterocycles. The summed E-state index contributed by atoms with van der Waals surface area (Å²) in [6, 6.07) is 7.13. The number of thiocarbonyl (C=S) groups is 1. The Morgan fingerprint density at radius 3 is 2.56 bits per heavy atom. The molecule has 5 heteroatoms. The Kier molecular flexibility index (Phi) is 5.87. The fraction of sp³-hybridized carbons (Fsp3) is 0.231. The molecule has 0 aliphatic carbocycles. The predicted octanol–water partition coefficient (Wildman–Crippen LogP) is 1.91. The lowest BCUT2D eigenvalue weighted by Crippen LogP contribution is -2.28. The normalized spacial score (nSPS) is 9.39. The van der Waals surface area contributed by atoms with Gasteiger partial charge in [0.15, 0.2) is 5.11 Å². The molecule has 0 radical (unpaired) electrons. The summed E-state index contributed by atoms with van der Waals surface area (Å²) in [5.41, 5.74) is 1.47. The van der Waals surface area contributed by atoms with E-state index in [4.69, 9.17) is 12.2 Å². The van der Waals surface area contributed by atoms with Crippen molar-refractivity contribution >= 4 is 28.9 Å².